The molecule has 0 bridgehead atoms. The van der Waals surface area contributed by atoms with Crippen molar-refractivity contribution >= 4 is 22.4 Å². The minimum atomic E-state index is -5.66. The van der Waals surface area contributed by atoms with Crippen LogP contribution in [-0.4, -0.2) is 40.0 Å². The van der Waals surface area contributed by atoms with Crippen LogP contribution in [0.4, 0.5) is 45.2 Å². The highest BCUT2D eigenvalue weighted by atomic mass is 32.2. The Morgan fingerprint density at radius 2 is 1.41 bits per heavy atom. The number of carbonyl (C=O) groups is 1. The lowest BCUT2D eigenvalue weighted by Crippen LogP contribution is -2.48. The Hall–Kier alpha value is -2.81. The van der Waals surface area contributed by atoms with Crippen molar-refractivity contribution in [2.75, 3.05) is 23.9 Å². The first-order chi connectivity index (χ1) is 16.7. The van der Waals surface area contributed by atoms with E-state index < -0.39 is 64.1 Å². The highest BCUT2D eigenvalue weighted by Crippen LogP contribution is 2.44. The van der Waals surface area contributed by atoms with Crippen LogP contribution in [0.1, 0.15) is 27.8 Å². The van der Waals surface area contributed by atoms with Crippen LogP contribution in [-0.2, 0) is 40.1 Å². The molecule has 0 unspecified atom stereocenters. The fourth-order valence-electron chi connectivity index (χ4n) is 3.22. The number of aliphatic hydroxyl groups is 1. The van der Waals surface area contributed by atoms with Crippen LogP contribution in [0, 0.1) is 6.92 Å². The maximum absolute atomic E-state index is 13.8. The molecule has 15 heteroatoms. The molecule has 0 saturated carbocycles. The molecule has 5 nitrogen and oxygen atoms in total. The lowest BCUT2D eigenvalue weighted by Gasteiger charge is -2.32. The van der Waals surface area contributed by atoms with E-state index in [4.69, 9.17) is 0 Å². The highest BCUT2D eigenvalue weighted by molar-refractivity contribution is 7.85. The fraction of sp³-hybridized carbons (Fsp3) is 0.409. The second-order valence-corrected chi connectivity index (χ2v) is 9.58. The average molecular weight is 564 g/mol. The first-order valence-electron chi connectivity index (χ1n) is 10.2. The van der Waals surface area contributed by atoms with Crippen molar-refractivity contribution < 1.29 is 53.6 Å². The van der Waals surface area contributed by atoms with Gasteiger partial charge in [-0.1, -0.05) is 6.07 Å². The van der Waals surface area contributed by atoms with Crippen LogP contribution in [0.3, 0.4) is 0 Å². The smallest absolute Gasteiger partial charge is 0.381 e. The molecule has 0 radical (unpaired) electrons. The molecule has 2 atom stereocenters. The third kappa shape index (κ3) is 7.84. The van der Waals surface area contributed by atoms with Gasteiger partial charge in [-0.3, -0.25) is 9.00 Å². The SMILES string of the molecule is Cc1cc(NC[C@@](O)(c2cc(C(F)(F)F)cc(C(F)(F)F)c2)C(F)(F)F)ccc1CNC(=O)C[S@@](C)=O. The molecule has 0 aliphatic rings. The number of carbonyl (C=O) groups excluding carboxylic acids is 1. The molecule has 0 fully saturated rings. The first-order valence-corrected chi connectivity index (χ1v) is 12.0. The zero-order chi connectivity index (χ0) is 28.4. The third-order valence-corrected chi connectivity index (χ3v) is 5.90. The van der Waals surface area contributed by atoms with Crippen molar-refractivity contribution in [3.63, 3.8) is 0 Å². The van der Waals surface area contributed by atoms with Gasteiger partial charge in [0.2, 0.25) is 11.5 Å². The number of anilines is 1. The number of rotatable bonds is 8. The normalized spacial score (nSPS) is 15.1. The van der Waals surface area contributed by atoms with Crippen LogP contribution in [0.15, 0.2) is 36.4 Å². The first kappa shape index (κ1) is 30.4. The Bertz CT molecular complexity index is 1130. The van der Waals surface area contributed by atoms with Gasteiger partial charge < -0.3 is 15.7 Å². The minimum Gasteiger partial charge on any atom is -0.381 e. The largest absolute Gasteiger partial charge is 0.423 e. The van der Waals surface area contributed by atoms with Crippen LogP contribution in [0.25, 0.3) is 0 Å². The van der Waals surface area contributed by atoms with E-state index in [9.17, 15) is 53.6 Å². The van der Waals surface area contributed by atoms with Crippen molar-refractivity contribution in [3.8, 4) is 0 Å². The Kier molecular flexibility index (Phi) is 8.95. The van der Waals surface area contributed by atoms with Crippen LogP contribution >= 0.6 is 0 Å². The summed E-state index contributed by atoms with van der Waals surface area (Å²) in [4.78, 5) is 11.6. The van der Waals surface area contributed by atoms with Gasteiger partial charge >= 0.3 is 18.5 Å². The highest BCUT2D eigenvalue weighted by Gasteiger charge is 2.56. The van der Waals surface area contributed by atoms with Gasteiger partial charge in [0.25, 0.3) is 0 Å². The lowest BCUT2D eigenvalue weighted by molar-refractivity contribution is -0.261. The lowest BCUT2D eigenvalue weighted by atomic mass is 9.89. The number of alkyl halides is 9. The molecule has 2 aromatic rings. The van der Waals surface area contributed by atoms with E-state index in [2.05, 4.69) is 10.6 Å². The molecular weight excluding hydrogens is 543 g/mol. The van der Waals surface area contributed by atoms with E-state index in [1.54, 1.807) is 0 Å². The van der Waals surface area contributed by atoms with E-state index in [0.717, 1.165) is 0 Å². The fourth-order valence-corrected chi connectivity index (χ4v) is 3.69. The maximum atomic E-state index is 13.8. The second kappa shape index (κ2) is 10.9. The Balaban J connectivity index is 2.36. The van der Waals surface area contributed by atoms with Gasteiger partial charge in [0.1, 0.15) is 5.75 Å². The molecule has 0 aromatic heterocycles. The van der Waals surface area contributed by atoms with Gasteiger partial charge in [-0.2, -0.15) is 39.5 Å². The molecule has 0 spiro atoms. The number of nitrogens with one attached hydrogen (secondary N) is 2. The molecular formula is C22H21F9N2O3S. The van der Waals surface area contributed by atoms with Gasteiger partial charge in [-0.25, -0.2) is 0 Å². The molecule has 0 aliphatic carbocycles. The van der Waals surface area contributed by atoms with E-state index in [-0.39, 0.29) is 36.2 Å². The molecule has 206 valence electrons. The Morgan fingerprint density at radius 1 is 0.892 bits per heavy atom. The number of amides is 1. The van der Waals surface area contributed by atoms with Gasteiger partial charge in [0.05, 0.1) is 17.7 Å². The average Bonchev–Trinajstić information content (AvgIpc) is 2.74. The van der Waals surface area contributed by atoms with E-state index in [0.29, 0.717) is 11.1 Å². The maximum Gasteiger partial charge on any atom is 0.423 e. The van der Waals surface area contributed by atoms with Gasteiger partial charge in [-0.15, -0.1) is 0 Å². The predicted octanol–water partition coefficient (Wildman–Crippen LogP) is 4.89. The summed E-state index contributed by atoms with van der Waals surface area (Å²) >= 11 is 0. The molecule has 37 heavy (non-hydrogen) atoms. The van der Waals surface area contributed by atoms with Crippen molar-refractivity contribution in [2.45, 2.75) is 37.6 Å². The van der Waals surface area contributed by atoms with Gasteiger partial charge in [-0.05, 0) is 53.9 Å². The summed E-state index contributed by atoms with van der Waals surface area (Å²) in [5.74, 6) is -0.739. The van der Waals surface area contributed by atoms with Gasteiger partial charge in [0.15, 0.2) is 0 Å². The Labute approximate surface area is 207 Å². The number of hydrogen-bond acceptors (Lipinski definition) is 4. The van der Waals surface area contributed by atoms with E-state index in [1.807, 2.05) is 0 Å². The molecule has 1 amide bonds. The summed E-state index contributed by atoms with van der Waals surface area (Å²) in [6.07, 6.45) is -15.2. The third-order valence-electron chi connectivity index (χ3n) is 5.24. The molecule has 0 heterocycles. The van der Waals surface area contributed by atoms with Gasteiger partial charge in [0, 0.05) is 29.3 Å². The summed E-state index contributed by atoms with van der Waals surface area (Å²) in [5, 5.41) is 15.1. The van der Waals surface area contributed by atoms with E-state index >= 15 is 0 Å². The number of aryl methyl sites for hydroxylation is 1. The zero-order valence-electron chi connectivity index (χ0n) is 19.2. The van der Waals surface area contributed by atoms with E-state index in [1.165, 1.54) is 31.4 Å². The summed E-state index contributed by atoms with van der Waals surface area (Å²) in [5.41, 5.74) is -8.82. The summed E-state index contributed by atoms with van der Waals surface area (Å²) in [6, 6.07) is 3.27. The number of benzene rings is 2. The van der Waals surface area contributed by atoms with Crippen LogP contribution in [0.2, 0.25) is 0 Å². The molecule has 0 saturated heterocycles. The summed E-state index contributed by atoms with van der Waals surface area (Å²) in [6.45, 7) is 0.0229. The minimum absolute atomic E-state index is 0.000904. The van der Waals surface area contributed by atoms with Crippen molar-refractivity contribution in [1.29, 1.82) is 0 Å². The molecule has 2 aromatic carbocycles. The summed E-state index contributed by atoms with van der Waals surface area (Å²) < 4.78 is 131. The Morgan fingerprint density at radius 3 is 1.84 bits per heavy atom. The monoisotopic (exact) mass is 564 g/mol. The summed E-state index contributed by atoms with van der Waals surface area (Å²) in [7, 11) is -1.37. The molecule has 0 aliphatic heterocycles. The number of halogens is 9. The predicted molar refractivity (Wildman–Crippen MR) is 117 cm³/mol. The van der Waals surface area contributed by atoms with Crippen molar-refractivity contribution in [2.24, 2.45) is 0 Å². The van der Waals surface area contributed by atoms with Crippen LogP contribution in [0.5, 0.6) is 0 Å². The number of hydrogen-bond donors (Lipinski definition) is 3. The quantitative estimate of drug-likeness (QED) is 0.399. The molecule has 2 rings (SSSR count). The second-order valence-electron chi connectivity index (χ2n) is 8.14. The standard InChI is InChI=1S/C22H21F9N2O3S/c1-12-5-17(4-3-13(12)9-32-18(34)10-37(2)36)33-11-19(35,22(29,30)31)14-6-15(20(23,24)25)8-16(7-14)21(26,27)28/h3-8,33,35H,9-11H2,1-2H3,(H,32,34)/t19-,37-/m1/s1. The van der Waals surface area contributed by atoms with Crippen LogP contribution < -0.4 is 10.6 Å². The van der Waals surface area contributed by atoms with Crippen molar-refractivity contribution in [3.05, 3.63) is 64.2 Å². The zero-order valence-corrected chi connectivity index (χ0v) is 20.0. The topological polar surface area (TPSA) is 78.4 Å². The van der Waals surface area contributed by atoms with Crippen molar-refractivity contribution in [1.82, 2.24) is 5.32 Å². The molecule has 3 N–H and O–H groups in total.